The van der Waals surface area contributed by atoms with Crippen molar-refractivity contribution in [2.75, 3.05) is 6.54 Å². The highest BCUT2D eigenvalue weighted by atomic mass is 16.5. The van der Waals surface area contributed by atoms with E-state index in [2.05, 4.69) is 0 Å². The molecule has 3 atom stereocenters. The summed E-state index contributed by atoms with van der Waals surface area (Å²) in [7, 11) is 0. The van der Waals surface area contributed by atoms with Crippen molar-refractivity contribution < 1.29 is 14.3 Å². The molecule has 3 aliphatic heterocycles. The van der Waals surface area contributed by atoms with E-state index < -0.39 is 5.54 Å². The highest BCUT2D eigenvalue weighted by molar-refractivity contribution is 5.95. The molecule has 0 N–H and O–H groups in total. The first-order valence-corrected chi connectivity index (χ1v) is 7.29. The quantitative estimate of drug-likeness (QED) is 0.616. The average Bonchev–Trinajstić information content (AvgIpc) is 3.13. The van der Waals surface area contributed by atoms with Gasteiger partial charge in [-0.1, -0.05) is 30.3 Å². The maximum Gasteiger partial charge on any atom is 0.331 e. The van der Waals surface area contributed by atoms with Crippen LogP contribution in [0.2, 0.25) is 0 Å². The molecular formula is C16H18N2O3. The Morgan fingerprint density at radius 2 is 2.05 bits per heavy atom. The van der Waals surface area contributed by atoms with E-state index in [1.54, 1.807) is 0 Å². The molecule has 0 amide bonds. The number of benzene rings is 1. The predicted octanol–water partition coefficient (Wildman–Crippen LogP) is 1.13. The normalized spacial score (nSPS) is 35.6. The molecule has 4 rings (SSSR count). The van der Waals surface area contributed by atoms with Gasteiger partial charge in [-0.15, -0.1) is 0 Å². The summed E-state index contributed by atoms with van der Waals surface area (Å²) in [6.45, 7) is 4.74. The molecule has 1 aromatic carbocycles. The van der Waals surface area contributed by atoms with Crippen molar-refractivity contribution in [2.45, 2.75) is 44.0 Å². The van der Waals surface area contributed by atoms with E-state index in [9.17, 15) is 9.59 Å². The molecule has 0 aliphatic carbocycles. The van der Waals surface area contributed by atoms with Crippen molar-refractivity contribution in [2.24, 2.45) is 0 Å². The summed E-state index contributed by atoms with van der Waals surface area (Å²) < 4.78 is 5.54. The molecule has 0 bridgehead atoms. The van der Waals surface area contributed by atoms with Gasteiger partial charge in [0.05, 0.1) is 18.1 Å². The minimum atomic E-state index is -0.617. The fourth-order valence-corrected chi connectivity index (χ4v) is 4.07. The number of esters is 1. The fraction of sp³-hybridized carbons (Fsp3) is 0.500. The number of Topliss-reactive ketones (excluding diaryl/α,β-unsaturated/α-hetero) is 1. The molecule has 0 spiro atoms. The zero-order valence-corrected chi connectivity index (χ0v) is 12.2. The second kappa shape index (κ2) is 3.93. The van der Waals surface area contributed by atoms with E-state index in [-0.39, 0.29) is 29.9 Å². The van der Waals surface area contributed by atoms with Crippen LogP contribution in [0.4, 0.5) is 0 Å². The monoisotopic (exact) mass is 286 g/mol. The van der Waals surface area contributed by atoms with Gasteiger partial charge in [-0.2, -0.15) is 0 Å². The Hall–Kier alpha value is -1.72. The Morgan fingerprint density at radius 1 is 1.33 bits per heavy atom. The van der Waals surface area contributed by atoms with Gasteiger partial charge in [0.1, 0.15) is 12.4 Å². The first-order chi connectivity index (χ1) is 9.99. The van der Waals surface area contributed by atoms with Gasteiger partial charge in [-0.25, -0.2) is 14.8 Å². The van der Waals surface area contributed by atoms with Gasteiger partial charge in [0.2, 0.25) is 0 Å². The van der Waals surface area contributed by atoms with E-state index in [4.69, 9.17) is 4.74 Å². The molecule has 5 heteroatoms. The van der Waals surface area contributed by atoms with Gasteiger partial charge < -0.3 is 4.74 Å². The molecule has 0 aromatic heterocycles. The zero-order valence-electron chi connectivity index (χ0n) is 12.2. The Morgan fingerprint density at radius 3 is 2.76 bits per heavy atom. The minimum Gasteiger partial charge on any atom is -0.459 e. The van der Waals surface area contributed by atoms with Crippen LogP contribution in [0.3, 0.4) is 0 Å². The van der Waals surface area contributed by atoms with Crippen LogP contribution in [0.15, 0.2) is 30.3 Å². The van der Waals surface area contributed by atoms with Gasteiger partial charge in [0, 0.05) is 6.42 Å². The lowest BCUT2D eigenvalue weighted by molar-refractivity contribution is -0.198. The molecule has 3 heterocycles. The Labute approximate surface area is 123 Å². The second-order valence-corrected chi connectivity index (χ2v) is 6.55. The molecule has 21 heavy (non-hydrogen) atoms. The van der Waals surface area contributed by atoms with Crippen LogP contribution in [-0.2, 0) is 20.9 Å². The molecule has 3 saturated heterocycles. The zero-order chi connectivity index (χ0) is 14.8. The highest BCUT2D eigenvalue weighted by Gasteiger charge is 2.89. The highest BCUT2D eigenvalue weighted by Crippen LogP contribution is 2.66. The average molecular weight is 286 g/mol. The lowest BCUT2D eigenvalue weighted by atomic mass is 9.81. The summed E-state index contributed by atoms with van der Waals surface area (Å²) in [5.74, 6) is 0.00635. The van der Waals surface area contributed by atoms with Gasteiger partial charge in [-0.3, -0.25) is 4.79 Å². The molecule has 5 nitrogen and oxygen atoms in total. The van der Waals surface area contributed by atoms with Crippen LogP contribution in [0.25, 0.3) is 0 Å². The van der Waals surface area contributed by atoms with Crippen LogP contribution in [0.1, 0.15) is 25.8 Å². The Bertz CT molecular complexity index is 628. The topological polar surface area (TPSA) is 49.6 Å². The number of ketones is 1. The molecule has 0 radical (unpaired) electrons. The third-order valence-corrected chi connectivity index (χ3v) is 5.18. The fourth-order valence-electron chi connectivity index (χ4n) is 4.07. The molecule has 0 saturated carbocycles. The number of fused-ring (bicyclic) bond motifs is 1. The van der Waals surface area contributed by atoms with Gasteiger partial charge >= 0.3 is 5.97 Å². The minimum absolute atomic E-state index is 0.00276. The summed E-state index contributed by atoms with van der Waals surface area (Å²) in [5, 5.41) is 4.04. The van der Waals surface area contributed by atoms with E-state index >= 15 is 0 Å². The number of carbonyl (C=O) groups excluding carboxylic acids is 2. The largest absolute Gasteiger partial charge is 0.459 e. The number of rotatable bonds is 3. The number of hydrogen-bond acceptors (Lipinski definition) is 5. The molecule has 3 aliphatic rings. The third-order valence-electron chi connectivity index (χ3n) is 5.18. The van der Waals surface area contributed by atoms with Crippen molar-refractivity contribution in [3.63, 3.8) is 0 Å². The first kappa shape index (κ1) is 13.0. The number of carbonyl (C=O) groups is 2. The van der Waals surface area contributed by atoms with Crippen molar-refractivity contribution in [3.05, 3.63) is 35.9 Å². The number of hydrogen-bond donors (Lipinski definition) is 0. The molecule has 3 fully saturated rings. The molecular weight excluding hydrogens is 268 g/mol. The van der Waals surface area contributed by atoms with Crippen molar-refractivity contribution in [3.8, 4) is 0 Å². The van der Waals surface area contributed by atoms with Crippen molar-refractivity contribution >= 4 is 11.8 Å². The molecule has 110 valence electrons. The van der Waals surface area contributed by atoms with E-state index in [0.29, 0.717) is 13.0 Å². The predicted molar refractivity (Wildman–Crippen MR) is 75.0 cm³/mol. The van der Waals surface area contributed by atoms with Gasteiger partial charge in [0.25, 0.3) is 0 Å². The van der Waals surface area contributed by atoms with Crippen LogP contribution in [0.5, 0.6) is 0 Å². The summed E-state index contributed by atoms with van der Waals surface area (Å²) in [5.41, 5.74) is 0.0249. The number of nitrogens with zero attached hydrogens (tertiary/aromatic N) is 2. The SMILES string of the molecule is CC1(C)N2CC(=O)CC3N2C31C(=O)OCc1ccccc1. The van der Waals surface area contributed by atoms with Gasteiger partial charge in [-0.05, 0) is 19.4 Å². The summed E-state index contributed by atoms with van der Waals surface area (Å²) in [6, 6.07) is 9.66. The summed E-state index contributed by atoms with van der Waals surface area (Å²) in [6.07, 6.45) is 0.459. The summed E-state index contributed by atoms with van der Waals surface area (Å²) in [4.78, 5) is 24.4. The van der Waals surface area contributed by atoms with Crippen LogP contribution < -0.4 is 0 Å². The lowest BCUT2D eigenvalue weighted by Crippen LogP contribution is -2.72. The summed E-state index contributed by atoms with van der Waals surface area (Å²) >= 11 is 0. The van der Waals surface area contributed by atoms with E-state index in [1.807, 2.05) is 54.2 Å². The number of ether oxygens (including phenoxy) is 1. The standard InChI is InChI=1S/C16H18N2O3/c1-15(2)16(13-8-12(19)9-17(15)18(13)16)14(20)21-10-11-6-4-3-5-7-11/h3-7,13H,8-10H2,1-2H3. The van der Waals surface area contributed by atoms with Crippen LogP contribution in [-0.4, -0.2) is 45.4 Å². The first-order valence-electron chi connectivity index (χ1n) is 7.29. The maximum absolute atomic E-state index is 12.6. The molecule has 1 aromatic rings. The Balaban J connectivity index is 1.52. The smallest absolute Gasteiger partial charge is 0.331 e. The number of hydrazine groups is 1. The third kappa shape index (κ3) is 1.43. The van der Waals surface area contributed by atoms with Crippen LogP contribution in [0, 0.1) is 0 Å². The van der Waals surface area contributed by atoms with E-state index in [1.165, 1.54) is 0 Å². The maximum atomic E-state index is 12.6. The Kier molecular flexibility index (Phi) is 2.43. The van der Waals surface area contributed by atoms with Crippen molar-refractivity contribution in [1.29, 1.82) is 0 Å². The van der Waals surface area contributed by atoms with Gasteiger partial charge in [0.15, 0.2) is 5.54 Å². The second-order valence-electron chi connectivity index (χ2n) is 6.55. The van der Waals surface area contributed by atoms with Crippen molar-refractivity contribution in [1.82, 2.24) is 10.0 Å². The van der Waals surface area contributed by atoms with Crippen LogP contribution >= 0.6 is 0 Å². The lowest BCUT2D eigenvalue weighted by Gasteiger charge is -2.52. The molecule has 3 unspecified atom stereocenters. The van der Waals surface area contributed by atoms with E-state index in [0.717, 1.165) is 5.56 Å².